The third-order valence-corrected chi connectivity index (χ3v) is 4.54. The number of alkyl carbamates (subject to hydrolysis) is 1. The summed E-state index contributed by atoms with van der Waals surface area (Å²) in [6.07, 6.45) is -0.416. The lowest BCUT2D eigenvalue weighted by Gasteiger charge is -2.19. The molecule has 0 heterocycles. The molecule has 174 valence electrons. The number of benzene rings is 2. The molecule has 7 heteroatoms. The van der Waals surface area contributed by atoms with Gasteiger partial charge in [-0.25, -0.2) is 4.79 Å². The van der Waals surface area contributed by atoms with Gasteiger partial charge in [-0.05, 0) is 62.7 Å². The summed E-state index contributed by atoms with van der Waals surface area (Å²) in [6, 6.07) is 14.8. The van der Waals surface area contributed by atoms with Crippen LogP contribution in [0.1, 0.15) is 43.6 Å². The van der Waals surface area contributed by atoms with Crippen LogP contribution < -0.4 is 20.1 Å². The van der Waals surface area contributed by atoms with Gasteiger partial charge in [0.15, 0.2) is 5.78 Å². The van der Waals surface area contributed by atoms with Crippen molar-refractivity contribution < 1.29 is 23.8 Å². The first-order chi connectivity index (χ1) is 15.2. The predicted octanol–water partition coefficient (Wildman–Crippen LogP) is 4.21. The fourth-order valence-corrected chi connectivity index (χ4v) is 2.84. The molecule has 0 aliphatic rings. The topological polar surface area (TPSA) is 85.9 Å². The molecule has 0 aliphatic heterocycles. The van der Waals surface area contributed by atoms with Crippen LogP contribution in [0.15, 0.2) is 48.5 Å². The Morgan fingerprint density at radius 1 is 0.938 bits per heavy atom. The molecule has 32 heavy (non-hydrogen) atoms. The minimum absolute atomic E-state index is 0.0356. The van der Waals surface area contributed by atoms with Gasteiger partial charge >= 0.3 is 6.09 Å². The Labute approximate surface area is 190 Å². The number of methoxy groups -OCH3 is 1. The molecule has 7 nitrogen and oxygen atoms in total. The molecule has 0 bridgehead atoms. The van der Waals surface area contributed by atoms with Crippen molar-refractivity contribution in [3.8, 4) is 11.5 Å². The maximum absolute atomic E-state index is 12.5. The van der Waals surface area contributed by atoms with Gasteiger partial charge in [0, 0.05) is 25.2 Å². The Morgan fingerprint density at radius 2 is 1.56 bits per heavy atom. The third kappa shape index (κ3) is 8.98. The summed E-state index contributed by atoms with van der Waals surface area (Å²) in [5.74, 6) is 1.21. The number of ether oxygens (including phenoxy) is 3. The molecular weight excluding hydrogens is 408 g/mol. The zero-order valence-electron chi connectivity index (χ0n) is 19.6. The molecule has 2 N–H and O–H groups in total. The van der Waals surface area contributed by atoms with E-state index >= 15 is 0 Å². The lowest BCUT2D eigenvalue weighted by Crippen LogP contribution is -2.36. The quantitative estimate of drug-likeness (QED) is 0.401. The molecule has 2 aromatic rings. The van der Waals surface area contributed by atoms with Gasteiger partial charge in [-0.3, -0.25) is 4.79 Å². The lowest BCUT2D eigenvalue weighted by molar-refractivity contribution is 0.0528. The highest BCUT2D eigenvalue weighted by atomic mass is 16.6. The zero-order valence-corrected chi connectivity index (χ0v) is 19.6. The summed E-state index contributed by atoms with van der Waals surface area (Å²) >= 11 is 0. The van der Waals surface area contributed by atoms with Gasteiger partial charge in [-0.2, -0.15) is 0 Å². The second kappa shape index (κ2) is 12.1. The summed E-state index contributed by atoms with van der Waals surface area (Å²) < 4.78 is 16.1. The highest BCUT2D eigenvalue weighted by Crippen LogP contribution is 2.17. The van der Waals surface area contributed by atoms with Crippen molar-refractivity contribution in [2.24, 2.45) is 5.92 Å². The summed E-state index contributed by atoms with van der Waals surface area (Å²) in [6.45, 7) is 9.43. The van der Waals surface area contributed by atoms with Crippen LogP contribution in [-0.4, -0.2) is 44.3 Å². The van der Waals surface area contributed by atoms with E-state index in [2.05, 4.69) is 10.6 Å². The Hall–Kier alpha value is -3.06. The first-order valence-electron chi connectivity index (χ1n) is 10.8. The van der Waals surface area contributed by atoms with Gasteiger partial charge in [-0.15, -0.1) is 0 Å². The average molecular weight is 443 g/mol. The summed E-state index contributed by atoms with van der Waals surface area (Å²) in [7, 11) is 1.60. The maximum Gasteiger partial charge on any atom is 0.407 e. The number of amides is 1. The third-order valence-electron chi connectivity index (χ3n) is 4.54. The Bertz CT molecular complexity index is 857. The lowest BCUT2D eigenvalue weighted by atomic mass is 10.00. The monoisotopic (exact) mass is 442 g/mol. The molecule has 0 saturated carbocycles. The Kier molecular flexibility index (Phi) is 9.53. The van der Waals surface area contributed by atoms with Gasteiger partial charge in [-0.1, -0.05) is 19.1 Å². The minimum Gasteiger partial charge on any atom is -0.497 e. The first kappa shape index (κ1) is 25.2. The second-order valence-corrected chi connectivity index (χ2v) is 8.55. The van der Waals surface area contributed by atoms with E-state index in [1.54, 1.807) is 31.4 Å². The normalized spacial score (nSPS) is 12.0. The molecule has 1 amide bonds. The number of ketones is 1. The van der Waals surface area contributed by atoms with Crippen LogP contribution in [0.25, 0.3) is 0 Å². The predicted molar refractivity (Wildman–Crippen MR) is 124 cm³/mol. The van der Waals surface area contributed by atoms with E-state index in [0.29, 0.717) is 31.8 Å². The molecule has 0 unspecified atom stereocenters. The van der Waals surface area contributed by atoms with Gasteiger partial charge in [0.2, 0.25) is 0 Å². The highest BCUT2D eigenvalue weighted by molar-refractivity contribution is 5.97. The van der Waals surface area contributed by atoms with Crippen LogP contribution in [0.4, 0.5) is 4.79 Å². The van der Waals surface area contributed by atoms with Gasteiger partial charge in [0.05, 0.1) is 19.6 Å². The van der Waals surface area contributed by atoms with E-state index in [1.165, 1.54) is 0 Å². The molecule has 0 fully saturated rings. The molecule has 2 rings (SSSR count). The second-order valence-electron chi connectivity index (χ2n) is 8.55. The van der Waals surface area contributed by atoms with Crippen LogP contribution >= 0.6 is 0 Å². The van der Waals surface area contributed by atoms with Crippen LogP contribution in [0.3, 0.4) is 0 Å². The largest absolute Gasteiger partial charge is 0.497 e. The van der Waals surface area contributed by atoms with Gasteiger partial charge in [0.1, 0.15) is 17.1 Å². The molecule has 0 saturated heterocycles. The van der Waals surface area contributed by atoms with Crippen molar-refractivity contribution in [2.45, 2.75) is 39.8 Å². The molecule has 0 radical (unpaired) electrons. The smallest absolute Gasteiger partial charge is 0.407 e. The molecule has 1 atom stereocenters. The number of carbonyl (C=O) groups is 2. The van der Waals surface area contributed by atoms with E-state index < -0.39 is 11.7 Å². The Balaban J connectivity index is 1.68. The minimum atomic E-state index is -0.498. The summed E-state index contributed by atoms with van der Waals surface area (Å²) in [4.78, 5) is 24.1. The summed E-state index contributed by atoms with van der Waals surface area (Å²) in [5, 5.41) is 5.98. The Morgan fingerprint density at radius 3 is 2.16 bits per heavy atom. The van der Waals surface area contributed by atoms with E-state index in [0.717, 1.165) is 17.1 Å². The van der Waals surface area contributed by atoms with Crippen LogP contribution in [-0.2, 0) is 11.3 Å². The number of nitrogens with one attached hydrogen (secondary N) is 2. The van der Waals surface area contributed by atoms with Crippen LogP contribution in [0.2, 0.25) is 0 Å². The highest BCUT2D eigenvalue weighted by Gasteiger charge is 2.16. The summed E-state index contributed by atoms with van der Waals surface area (Å²) in [5.41, 5.74) is 1.24. The zero-order chi connectivity index (χ0) is 23.6. The van der Waals surface area contributed by atoms with Crippen molar-refractivity contribution >= 4 is 11.9 Å². The average Bonchev–Trinajstić information content (AvgIpc) is 2.76. The van der Waals surface area contributed by atoms with E-state index in [-0.39, 0.29) is 11.7 Å². The molecule has 2 aromatic carbocycles. The number of carbonyl (C=O) groups excluding carboxylic acids is 2. The number of rotatable bonds is 11. The van der Waals surface area contributed by atoms with Gasteiger partial charge in [0.25, 0.3) is 0 Å². The van der Waals surface area contributed by atoms with Crippen LogP contribution in [0.5, 0.6) is 11.5 Å². The molecule has 0 spiro atoms. The van der Waals surface area contributed by atoms with Crippen molar-refractivity contribution in [3.63, 3.8) is 0 Å². The standard InChI is InChI=1S/C25H34N2O5/c1-18(23(28)20-8-12-21(30-5)13-9-20)17-31-22-10-6-19(7-11-22)16-26-14-15-27-24(29)32-25(2,3)4/h6-13,18,26H,14-17H2,1-5H3,(H,27,29)/t18-/m1/s1. The molecular formula is C25H34N2O5. The van der Waals surface area contributed by atoms with Crippen molar-refractivity contribution in [1.29, 1.82) is 0 Å². The molecule has 0 aromatic heterocycles. The van der Waals surface area contributed by atoms with Gasteiger partial charge < -0.3 is 24.8 Å². The number of hydrogen-bond acceptors (Lipinski definition) is 6. The maximum atomic E-state index is 12.5. The van der Waals surface area contributed by atoms with Crippen molar-refractivity contribution in [3.05, 3.63) is 59.7 Å². The molecule has 0 aliphatic carbocycles. The fraction of sp³-hybridized carbons (Fsp3) is 0.440. The number of hydrogen-bond donors (Lipinski definition) is 2. The van der Waals surface area contributed by atoms with E-state index in [4.69, 9.17) is 14.2 Å². The van der Waals surface area contributed by atoms with E-state index in [1.807, 2.05) is 52.0 Å². The number of Topliss-reactive ketones (excluding diaryl/α,β-unsaturated/α-hetero) is 1. The van der Waals surface area contributed by atoms with Crippen molar-refractivity contribution in [1.82, 2.24) is 10.6 Å². The fourth-order valence-electron chi connectivity index (χ4n) is 2.84. The van der Waals surface area contributed by atoms with E-state index in [9.17, 15) is 9.59 Å². The van der Waals surface area contributed by atoms with Crippen LogP contribution in [0, 0.1) is 5.92 Å². The SMILES string of the molecule is COc1ccc(C(=O)[C@H](C)COc2ccc(CNCCNC(=O)OC(C)(C)C)cc2)cc1. The first-order valence-corrected chi connectivity index (χ1v) is 10.8. The van der Waals surface area contributed by atoms with Crippen molar-refractivity contribution in [2.75, 3.05) is 26.8 Å².